The minimum absolute atomic E-state index is 0.0408. The summed E-state index contributed by atoms with van der Waals surface area (Å²) in [7, 11) is 0. The van der Waals surface area contributed by atoms with Gasteiger partial charge in [0.15, 0.2) is 0 Å². The highest BCUT2D eigenvalue weighted by molar-refractivity contribution is 5.92. The van der Waals surface area contributed by atoms with Crippen LogP contribution in [0.25, 0.3) is 0 Å². The van der Waals surface area contributed by atoms with Crippen LogP contribution >= 0.6 is 0 Å². The van der Waals surface area contributed by atoms with Crippen molar-refractivity contribution in [3.63, 3.8) is 0 Å². The van der Waals surface area contributed by atoms with Crippen molar-refractivity contribution in [1.82, 2.24) is 0 Å². The molecule has 4 N–H and O–H groups in total. The summed E-state index contributed by atoms with van der Waals surface area (Å²) in [4.78, 5) is 10.8. The first-order valence-electron chi connectivity index (χ1n) is 3.51. The molecule has 0 aliphatic carbocycles. The number of phenolic OH excluding ortho intramolecular Hbond substituents is 1. The van der Waals surface area contributed by atoms with Crippen molar-refractivity contribution in [2.75, 3.05) is 11.9 Å². The smallest absolute Gasteiger partial charge is 0.238 e. The Bertz CT molecular complexity index is 269. The summed E-state index contributed by atoms with van der Waals surface area (Å²) >= 11 is 0. The molecular weight excluding hydrogens is 156 g/mol. The topological polar surface area (TPSA) is 75.4 Å². The summed E-state index contributed by atoms with van der Waals surface area (Å²) in [5.74, 6) is -0.0820. The molecule has 0 spiro atoms. The number of aromatic hydroxyl groups is 1. The molecule has 0 radical (unpaired) electrons. The minimum Gasteiger partial charge on any atom is -0.508 e. The third-order valence-corrected chi connectivity index (χ3v) is 1.34. The average Bonchev–Trinajstić information content (AvgIpc) is 2.09. The second-order valence-electron chi connectivity index (χ2n) is 2.30. The number of carbonyl (C=O) groups excluding carboxylic acids is 1. The number of nitrogens with two attached hydrogens (primary N) is 1. The first-order chi connectivity index (χ1) is 5.72. The van der Waals surface area contributed by atoms with Gasteiger partial charge < -0.3 is 16.2 Å². The largest absolute Gasteiger partial charge is 0.508 e. The van der Waals surface area contributed by atoms with Crippen molar-refractivity contribution >= 4 is 11.6 Å². The molecule has 0 atom stereocenters. The van der Waals surface area contributed by atoms with Gasteiger partial charge in [-0.2, -0.15) is 0 Å². The zero-order chi connectivity index (χ0) is 8.97. The maximum atomic E-state index is 10.8. The summed E-state index contributed by atoms with van der Waals surface area (Å²) in [6.07, 6.45) is 0. The normalized spacial score (nSPS) is 9.42. The van der Waals surface area contributed by atoms with Gasteiger partial charge >= 0.3 is 0 Å². The predicted octanol–water partition coefficient (Wildman–Crippen LogP) is 0.289. The summed E-state index contributed by atoms with van der Waals surface area (Å²) in [6.45, 7) is -0.0408. The summed E-state index contributed by atoms with van der Waals surface area (Å²) < 4.78 is 0. The third-order valence-electron chi connectivity index (χ3n) is 1.34. The van der Waals surface area contributed by atoms with Gasteiger partial charge in [-0.1, -0.05) is 0 Å². The van der Waals surface area contributed by atoms with Crippen molar-refractivity contribution < 1.29 is 9.90 Å². The molecule has 1 rings (SSSR count). The van der Waals surface area contributed by atoms with Crippen LogP contribution in [-0.2, 0) is 4.79 Å². The summed E-state index contributed by atoms with van der Waals surface area (Å²) in [5.41, 5.74) is 5.72. The van der Waals surface area contributed by atoms with Gasteiger partial charge in [0.1, 0.15) is 5.75 Å². The Balaban J connectivity index is 2.64. The summed E-state index contributed by atoms with van der Waals surface area (Å²) in [5, 5.41) is 11.5. The Morgan fingerprint density at radius 3 is 2.50 bits per heavy atom. The molecule has 0 aliphatic heterocycles. The van der Waals surface area contributed by atoms with E-state index in [1.54, 1.807) is 12.1 Å². The average molecular weight is 166 g/mol. The van der Waals surface area contributed by atoms with E-state index in [9.17, 15) is 4.79 Å². The van der Waals surface area contributed by atoms with Gasteiger partial charge in [-0.25, -0.2) is 0 Å². The standard InChI is InChI=1S/C8H10N2O2/c9-5-8(12)10-6-1-3-7(11)4-2-6/h1-4,11H,5,9H2,(H,10,12). The molecule has 0 heterocycles. The highest BCUT2D eigenvalue weighted by atomic mass is 16.3. The van der Waals surface area contributed by atoms with E-state index < -0.39 is 0 Å². The molecule has 0 aromatic heterocycles. The molecule has 4 heteroatoms. The van der Waals surface area contributed by atoms with E-state index >= 15 is 0 Å². The molecule has 0 bridgehead atoms. The van der Waals surface area contributed by atoms with Crippen molar-refractivity contribution in [1.29, 1.82) is 0 Å². The fraction of sp³-hybridized carbons (Fsp3) is 0.125. The molecule has 64 valence electrons. The Morgan fingerprint density at radius 2 is 2.00 bits per heavy atom. The van der Waals surface area contributed by atoms with Gasteiger partial charge in [-0.05, 0) is 24.3 Å². The van der Waals surface area contributed by atoms with E-state index in [1.807, 2.05) is 0 Å². The zero-order valence-corrected chi connectivity index (χ0v) is 6.45. The number of nitrogens with one attached hydrogen (secondary N) is 1. The maximum Gasteiger partial charge on any atom is 0.238 e. The van der Waals surface area contributed by atoms with Crippen LogP contribution in [0.4, 0.5) is 5.69 Å². The van der Waals surface area contributed by atoms with Crippen molar-refractivity contribution in [2.45, 2.75) is 0 Å². The van der Waals surface area contributed by atoms with Gasteiger partial charge in [-0.3, -0.25) is 4.79 Å². The van der Waals surface area contributed by atoms with Crippen LogP contribution in [0.5, 0.6) is 5.75 Å². The van der Waals surface area contributed by atoms with Crippen LogP contribution in [0, 0.1) is 0 Å². The maximum absolute atomic E-state index is 10.8. The van der Waals surface area contributed by atoms with Crippen molar-refractivity contribution in [2.24, 2.45) is 5.73 Å². The number of amides is 1. The van der Waals surface area contributed by atoms with E-state index in [4.69, 9.17) is 10.8 Å². The molecule has 0 fully saturated rings. The molecule has 0 aliphatic rings. The fourth-order valence-corrected chi connectivity index (χ4v) is 0.757. The minimum atomic E-state index is -0.249. The molecule has 0 unspecified atom stereocenters. The van der Waals surface area contributed by atoms with E-state index in [0.29, 0.717) is 5.69 Å². The lowest BCUT2D eigenvalue weighted by Gasteiger charge is -2.02. The van der Waals surface area contributed by atoms with E-state index in [2.05, 4.69) is 5.32 Å². The Labute approximate surface area is 70.0 Å². The number of carbonyl (C=O) groups is 1. The van der Waals surface area contributed by atoms with Crippen LogP contribution in [-0.4, -0.2) is 17.6 Å². The first kappa shape index (κ1) is 8.55. The molecule has 0 saturated heterocycles. The Hall–Kier alpha value is -1.55. The van der Waals surface area contributed by atoms with Gasteiger partial charge in [0.05, 0.1) is 6.54 Å². The van der Waals surface area contributed by atoms with E-state index in [1.165, 1.54) is 12.1 Å². The quantitative estimate of drug-likeness (QED) is 0.553. The molecule has 4 nitrogen and oxygen atoms in total. The molecule has 0 saturated carbocycles. The number of anilines is 1. The van der Waals surface area contributed by atoms with Crippen LogP contribution < -0.4 is 11.1 Å². The number of hydrogen-bond donors (Lipinski definition) is 3. The molecular formula is C8H10N2O2. The first-order valence-corrected chi connectivity index (χ1v) is 3.51. The van der Waals surface area contributed by atoms with Gasteiger partial charge in [0.25, 0.3) is 0 Å². The molecule has 12 heavy (non-hydrogen) atoms. The molecule has 1 amide bonds. The molecule has 1 aromatic rings. The predicted molar refractivity (Wildman–Crippen MR) is 45.8 cm³/mol. The Kier molecular flexibility index (Phi) is 2.66. The van der Waals surface area contributed by atoms with Crippen molar-refractivity contribution in [3.05, 3.63) is 24.3 Å². The second-order valence-corrected chi connectivity index (χ2v) is 2.30. The van der Waals surface area contributed by atoms with Gasteiger partial charge in [-0.15, -0.1) is 0 Å². The van der Waals surface area contributed by atoms with Gasteiger partial charge in [0.2, 0.25) is 5.91 Å². The van der Waals surface area contributed by atoms with E-state index in [0.717, 1.165) is 0 Å². The van der Waals surface area contributed by atoms with Gasteiger partial charge in [0, 0.05) is 5.69 Å². The van der Waals surface area contributed by atoms with Crippen LogP contribution in [0.1, 0.15) is 0 Å². The monoisotopic (exact) mass is 166 g/mol. The van der Waals surface area contributed by atoms with Crippen LogP contribution in [0.3, 0.4) is 0 Å². The highest BCUT2D eigenvalue weighted by Crippen LogP contribution is 2.13. The number of hydrogen-bond acceptors (Lipinski definition) is 3. The van der Waals surface area contributed by atoms with E-state index in [-0.39, 0.29) is 18.2 Å². The number of rotatable bonds is 2. The SMILES string of the molecule is NCC(=O)Nc1ccc(O)cc1. The lowest BCUT2D eigenvalue weighted by Crippen LogP contribution is -2.21. The lowest BCUT2D eigenvalue weighted by molar-refractivity contribution is -0.114. The number of benzene rings is 1. The lowest BCUT2D eigenvalue weighted by atomic mass is 10.3. The van der Waals surface area contributed by atoms with Crippen molar-refractivity contribution in [3.8, 4) is 5.75 Å². The van der Waals surface area contributed by atoms with Crippen LogP contribution in [0.2, 0.25) is 0 Å². The highest BCUT2D eigenvalue weighted by Gasteiger charge is 1.97. The molecule has 1 aromatic carbocycles. The third kappa shape index (κ3) is 2.25. The summed E-state index contributed by atoms with van der Waals surface area (Å²) in [6, 6.07) is 6.18. The van der Waals surface area contributed by atoms with Crippen LogP contribution in [0.15, 0.2) is 24.3 Å². The zero-order valence-electron chi connectivity index (χ0n) is 6.45. The Morgan fingerprint density at radius 1 is 1.42 bits per heavy atom. The second kappa shape index (κ2) is 3.73. The number of phenols is 1. The fourth-order valence-electron chi connectivity index (χ4n) is 0.757.